The van der Waals surface area contributed by atoms with Gasteiger partial charge >= 0.3 is 5.97 Å². The number of carboxylic acids is 1. The Morgan fingerprint density at radius 3 is 2.33 bits per heavy atom. The van der Waals surface area contributed by atoms with E-state index in [-0.39, 0.29) is 5.41 Å². The summed E-state index contributed by atoms with van der Waals surface area (Å²) in [5, 5.41) is 14.2. The van der Waals surface area contributed by atoms with E-state index < -0.39 is 5.97 Å². The Balaban J connectivity index is 1.86. The minimum Gasteiger partial charge on any atom is -0.478 e. The fraction of sp³-hybridized carbons (Fsp3) is 0.400. The standard InChI is InChI=1S/C25H31N3O2/c1-17(2)10-15-22-26-24(25(3,4)5)28(27-22)16-18-11-13-19(14-12-18)20-8-6-7-9-21(20)23(29)30/h6-9,11-14,17H,10,15-16H2,1-5H3,(H,29,30). The van der Waals surface area contributed by atoms with Gasteiger partial charge in [-0.3, -0.25) is 0 Å². The predicted molar refractivity (Wildman–Crippen MR) is 120 cm³/mol. The van der Waals surface area contributed by atoms with Gasteiger partial charge in [-0.05, 0) is 35.1 Å². The molecule has 158 valence electrons. The molecule has 1 aromatic heterocycles. The van der Waals surface area contributed by atoms with Crippen LogP contribution >= 0.6 is 0 Å². The molecule has 0 amide bonds. The van der Waals surface area contributed by atoms with Crippen molar-refractivity contribution in [3.8, 4) is 11.1 Å². The van der Waals surface area contributed by atoms with E-state index in [0.29, 0.717) is 18.0 Å². The van der Waals surface area contributed by atoms with Crippen LogP contribution in [-0.4, -0.2) is 25.8 Å². The predicted octanol–water partition coefficient (Wildman–Crippen LogP) is 5.58. The lowest BCUT2D eigenvalue weighted by molar-refractivity contribution is 0.0697. The van der Waals surface area contributed by atoms with Gasteiger partial charge in [0.05, 0.1) is 12.1 Å². The number of hydrogen-bond donors (Lipinski definition) is 1. The van der Waals surface area contributed by atoms with E-state index in [9.17, 15) is 9.90 Å². The molecule has 0 unspecified atom stereocenters. The van der Waals surface area contributed by atoms with Crippen LogP contribution in [-0.2, 0) is 18.4 Å². The van der Waals surface area contributed by atoms with Crippen molar-refractivity contribution in [1.82, 2.24) is 14.8 Å². The molecule has 1 N–H and O–H groups in total. The average molecular weight is 406 g/mol. The van der Waals surface area contributed by atoms with E-state index >= 15 is 0 Å². The Hall–Kier alpha value is -2.95. The molecule has 3 rings (SSSR count). The molecule has 0 aliphatic heterocycles. The van der Waals surface area contributed by atoms with Crippen LogP contribution in [0, 0.1) is 5.92 Å². The maximum atomic E-state index is 11.5. The second-order valence-electron chi connectivity index (χ2n) is 9.24. The largest absolute Gasteiger partial charge is 0.478 e. The van der Waals surface area contributed by atoms with Gasteiger partial charge in [-0.25, -0.2) is 14.5 Å². The number of aryl methyl sites for hydroxylation is 1. The van der Waals surface area contributed by atoms with Gasteiger partial charge in [-0.15, -0.1) is 0 Å². The second-order valence-corrected chi connectivity index (χ2v) is 9.24. The zero-order valence-corrected chi connectivity index (χ0v) is 18.5. The second kappa shape index (κ2) is 8.82. The summed E-state index contributed by atoms with van der Waals surface area (Å²) in [6.45, 7) is 11.5. The number of benzene rings is 2. The monoisotopic (exact) mass is 405 g/mol. The fourth-order valence-electron chi connectivity index (χ4n) is 3.46. The number of carboxylic acid groups (broad SMARTS) is 1. The van der Waals surface area contributed by atoms with Crippen molar-refractivity contribution in [2.45, 2.75) is 59.4 Å². The summed E-state index contributed by atoms with van der Waals surface area (Å²) in [4.78, 5) is 16.3. The molecule has 3 aromatic rings. The molecule has 0 saturated carbocycles. The SMILES string of the molecule is CC(C)CCc1nc(C(C)(C)C)n(Cc2ccc(-c3ccccc3C(=O)O)cc2)n1. The molecule has 0 fully saturated rings. The highest BCUT2D eigenvalue weighted by Crippen LogP contribution is 2.26. The van der Waals surface area contributed by atoms with Gasteiger partial charge in [0.1, 0.15) is 5.82 Å². The number of nitrogens with zero attached hydrogens (tertiary/aromatic N) is 3. The van der Waals surface area contributed by atoms with Gasteiger partial charge in [-0.2, -0.15) is 5.10 Å². The van der Waals surface area contributed by atoms with Crippen LogP contribution in [0.4, 0.5) is 0 Å². The van der Waals surface area contributed by atoms with Gasteiger partial charge in [0.25, 0.3) is 0 Å². The van der Waals surface area contributed by atoms with E-state index in [4.69, 9.17) is 10.1 Å². The molecular formula is C25H31N3O2. The van der Waals surface area contributed by atoms with Crippen molar-refractivity contribution in [3.63, 3.8) is 0 Å². The van der Waals surface area contributed by atoms with Gasteiger partial charge in [0.2, 0.25) is 0 Å². The number of rotatable bonds is 7. The third-order valence-electron chi connectivity index (χ3n) is 5.09. The first-order valence-electron chi connectivity index (χ1n) is 10.5. The third kappa shape index (κ3) is 5.15. The Morgan fingerprint density at radius 1 is 1.07 bits per heavy atom. The maximum absolute atomic E-state index is 11.5. The summed E-state index contributed by atoms with van der Waals surface area (Å²) in [6.07, 6.45) is 1.96. The molecule has 2 aromatic carbocycles. The van der Waals surface area contributed by atoms with Crippen molar-refractivity contribution < 1.29 is 9.90 Å². The van der Waals surface area contributed by atoms with E-state index in [1.54, 1.807) is 12.1 Å². The molecular weight excluding hydrogens is 374 g/mol. The average Bonchev–Trinajstić information content (AvgIpc) is 3.10. The number of carbonyl (C=O) groups is 1. The Bertz CT molecular complexity index is 1010. The third-order valence-corrected chi connectivity index (χ3v) is 5.09. The molecule has 5 heteroatoms. The van der Waals surface area contributed by atoms with Crippen molar-refractivity contribution in [2.24, 2.45) is 5.92 Å². The highest BCUT2D eigenvalue weighted by atomic mass is 16.4. The molecule has 5 nitrogen and oxygen atoms in total. The maximum Gasteiger partial charge on any atom is 0.336 e. The van der Waals surface area contributed by atoms with Crippen molar-refractivity contribution in [3.05, 3.63) is 71.3 Å². The highest BCUT2D eigenvalue weighted by Gasteiger charge is 2.23. The zero-order valence-electron chi connectivity index (χ0n) is 18.5. The van der Waals surface area contributed by atoms with Crippen molar-refractivity contribution >= 4 is 5.97 Å². The van der Waals surface area contributed by atoms with Crippen molar-refractivity contribution in [1.29, 1.82) is 0 Å². The van der Waals surface area contributed by atoms with Crippen LogP contribution < -0.4 is 0 Å². The van der Waals surface area contributed by atoms with Gasteiger partial charge in [0.15, 0.2) is 5.82 Å². The number of hydrogen-bond acceptors (Lipinski definition) is 3. The molecule has 0 bridgehead atoms. The summed E-state index contributed by atoms with van der Waals surface area (Å²) in [5.74, 6) is 1.60. The summed E-state index contributed by atoms with van der Waals surface area (Å²) < 4.78 is 2.01. The normalized spacial score (nSPS) is 11.8. The van der Waals surface area contributed by atoms with E-state index in [1.807, 2.05) is 41.1 Å². The molecule has 0 aliphatic rings. The molecule has 0 spiro atoms. The van der Waals surface area contributed by atoms with Crippen LogP contribution in [0.3, 0.4) is 0 Å². The molecule has 30 heavy (non-hydrogen) atoms. The fourth-order valence-corrected chi connectivity index (χ4v) is 3.46. The van der Waals surface area contributed by atoms with Crippen LogP contribution in [0.15, 0.2) is 48.5 Å². The molecule has 0 saturated heterocycles. The lowest BCUT2D eigenvalue weighted by atomic mass is 9.95. The summed E-state index contributed by atoms with van der Waals surface area (Å²) >= 11 is 0. The smallest absolute Gasteiger partial charge is 0.336 e. The lowest BCUT2D eigenvalue weighted by Gasteiger charge is -2.18. The first-order chi connectivity index (χ1) is 14.1. The van der Waals surface area contributed by atoms with E-state index in [2.05, 4.69) is 34.6 Å². The molecule has 0 radical (unpaired) electrons. The summed E-state index contributed by atoms with van der Waals surface area (Å²) in [7, 11) is 0. The van der Waals surface area contributed by atoms with Crippen LogP contribution in [0.5, 0.6) is 0 Å². The minimum atomic E-state index is -0.916. The van der Waals surface area contributed by atoms with Gasteiger partial charge < -0.3 is 5.11 Å². The Labute approximate surface area is 178 Å². The quantitative estimate of drug-likeness (QED) is 0.557. The lowest BCUT2D eigenvalue weighted by Crippen LogP contribution is -2.20. The summed E-state index contributed by atoms with van der Waals surface area (Å²) in [6, 6.07) is 15.1. The van der Waals surface area contributed by atoms with E-state index in [0.717, 1.165) is 41.2 Å². The zero-order chi connectivity index (χ0) is 21.9. The topological polar surface area (TPSA) is 68.0 Å². The van der Waals surface area contributed by atoms with Crippen LogP contribution in [0.1, 0.15) is 68.6 Å². The van der Waals surface area contributed by atoms with Crippen molar-refractivity contribution in [2.75, 3.05) is 0 Å². The van der Waals surface area contributed by atoms with E-state index in [1.165, 1.54) is 0 Å². The van der Waals surface area contributed by atoms with Crippen LogP contribution in [0.2, 0.25) is 0 Å². The first kappa shape index (κ1) is 21.8. The highest BCUT2D eigenvalue weighted by molar-refractivity contribution is 5.95. The number of aromatic nitrogens is 3. The summed E-state index contributed by atoms with van der Waals surface area (Å²) in [5.41, 5.74) is 2.94. The Kier molecular flexibility index (Phi) is 6.40. The molecule has 0 aliphatic carbocycles. The molecule has 0 atom stereocenters. The van der Waals surface area contributed by atoms with Gasteiger partial charge in [0, 0.05) is 11.8 Å². The molecule has 1 heterocycles. The minimum absolute atomic E-state index is 0.0938. The van der Waals surface area contributed by atoms with Crippen LogP contribution in [0.25, 0.3) is 11.1 Å². The number of aromatic carboxylic acids is 1. The Morgan fingerprint density at radius 2 is 1.73 bits per heavy atom. The first-order valence-corrected chi connectivity index (χ1v) is 10.5. The van der Waals surface area contributed by atoms with Gasteiger partial charge in [-0.1, -0.05) is 77.1 Å².